The van der Waals surface area contributed by atoms with Crippen molar-refractivity contribution < 1.29 is 22.7 Å². The van der Waals surface area contributed by atoms with Crippen molar-refractivity contribution in [3.8, 4) is 0 Å². The number of hydrogen-bond acceptors (Lipinski definition) is 3. The van der Waals surface area contributed by atoms with Crippen molar-refractivity contribution in [2.75, 3.05) is 13.1 Å². The molecule has 3 heterocycles. The number of fused-ring (bicyclic) bond motifs is 1. The summed E-state index contributed by atoms with van der Waals surface area (Å²) in [6.45, 7) is 6.14. The number of nitrogens with zero attached hydrogens (tertiary/aromatic N) is 3. The average molecular weight is 341 g/mol. The Morgan fingerprint density at radius 3 is 2.46 bits per heavy atom. The highest BCUT2D eigenvalue weighted by atomic mass is 19.4. The number of carbonyl (C=O) groups excluding carboxylic acids is 1. The number of carbonyl (C=O) groups is 1. The van der Waals surface area contributed by atoms with Gasteiger partial charge in [0.1, 0.15) is 11.3 Å². The minimum absolute atomic E-state index is 0.122. The van der Waals surface area contributed by atoms with Gasteiger partial charge in [0.25, 0.3) is 5.91 Å². The van der Waals surface area contributed by atoms with Crippen LogP contribution >= 0.6 is 0 Å². The molecule has 0 bridgehead atoms. The van der Waals surface area contributed by atoms with Gasteiger partial charge in [-0.2, -0.15) is 13.2 Å². The van der Waals surface area contributed by atoms with Gasteiger partial charge < -0.3 is 9.64 Å². The fraction of sp³-hybridized carbons (Fsp3) is 0.500. The van der Waals surface area contributed by atoms with E-state index in [0.717, 1.165) is 12.3 Å². The Labute approximate surface area is 137 Å². The lowest BCUT2D eigenvalue weighted by Crippen LogP contribution is -2.48. The van der Waals surface area contributed by atoms with E-state index in [1.165, 1.54) is 10.5 Å². The first-order valence-electron chi connectivity index (χ1n) is 7.67. The Bertz CT molecular complexity index is 775. The van der Waals surface area contributed by atoms with Crippen LogP contribution in [-0.2, 0) is 10.9 Å². The zero-order valence-electron chi connectivity index (χ0n) is 13.6. The Morgan fingerprint density at radius 1 is 1.25 bits per heavy atom. The summed E-state index contributed by atoms with van der Waals surface area (Å²) in [5.41, 5.74) is 0.0758. The number of alkyl halides is 3. The van der Waals surface area contributed by atoms with Crippen molar-refractivity contribution in [3.05, 3.63) is 35.3 Å². The molecule has 1 saturated heterocycles. The molecule has 2 unspecified atom stereocenters. The van der Waals surface area contributed by atoms with Crippen LogP contribution in [0.15, 0.2) is 18.3 Å². The zero-order chi connectivity index (χ0) is 17.6. The fourth-order valence-electron chi connectivity index (χ4n) is 3.08. The molecule has 1 fully saturated rings. The Morgan fingerprint density at radius 2 is 1.88 bits per heavy atom. The number of imidazole rings is 1. The van der Waals surface area contributed by atoms with Crippen molar-refractivity contribution in [2.45, 2.75) is 39.2 Å². The molecule has 0 N–H and O–H groups in total. The van der Waals surface area contributed by atoms with Gasteiger partial charge in [0, 0.05) is 19.3 Å². The Balaban J connectivity index is 2.04. The van der Waals surface area contributed by atoms with Crippen molar-refractivity contribution in [1.29, 1.82) is 0 Å². The largest absolute Gasteiger partial charge is 0.417 e. The van der Waals surface area contributed by atoms with Crippen LogP contribution in [0.1, 0.15) is 35.6 Å². The maximum absolute atomic E-state index is 13.0. The zero-order valence-corrected chi connectivity index (χ0v) is 13.6. The van der Waals surface area contributed by atoms with Gasteiger partial charge in [-0.25, -0.2) is 4.98 Å². The summed E-state index contributed by atoms with van der Waals surface area (Å²) in [6.07, 6.45) is -3.80. The molecule has 0 aliphatic carbocycles. The van der Waals surface area contributed by atoms with E-state index in [4.69, 9.17) is 4.74 Å². The predicted octanol–water partition coefficient (Wildman–Crippen LogP) is 2.91. The minimum atomic E-state index is -4.48. The third-order valence-electron chi connectivity index (χ3n) is 4.03. The monoisotopic (exact) mass is 341 g/mol. The van der Waals surface area contributed by atoms with Gasteiger partial charge in [0.15, 0.2) is 0 Å². The second kappa shape index (κ2) is 5.77. The van der Waals surface area contributed by atoms with E-state index in [-0.39, 0.29) is 23.8 Å². The Hall–Kier alpha value is -2.09. The van der Waals surface area contributed by atoms with Crippen molar-refractivity contribution in [2.24, 2.45) is 0 Å². The van der Waals surface area contributed by atoms with Crippen LogP contribution in [0.4, 0.5) is 13.2 Å². The van der Waals surface area contributed by atoms with Crippen molar-refractivity contribution >= 4 is 11.6 Å². The number of hydrogen-bond donors (Lipinski definition) is 0. The smallest absolute Gasteiger partial charge is 0.372 e. The molecule has 2 aromatic rings. The summed E-state index contributed by atoms with van der Waals surface area (Å²) in [5.74, 6) is -0.332. The number of morpholine rings is 1. The van der Waals surface area contributed by atoms with Gasteiger partial charge in [-0.15, -0.1) is 0 Å². The molecular weight excluding hydrogens is 323 g/mol. The Kier molecular flexibility index (Phi) is 4.03. The molecule has 1 amide bonds. The van der Waals surface area contributed by atoms with Crippen LogP contribution in [0.3, 0.4) is 0 Å². The van der Waals surface area contributed by atoms with Crippen LogP contribution in [0.5, 0.6) is 0 Å². The molecule has 0 aromatic carbocycles. The first kappa shape index (κ1) is 16.8. The number of ether oxygens (including phenoxy) is 1. The van der Waals surface area contributed by atoms with E-state index in [2.05, 4.69) is 4.98 Å². The molecule has 5 nitrogen and oxygen atoms in total. The van der Waals surface area contributed by atoms with E-state index < -0.39 is 11.7 Å². The number of halogens is 3. The summed E-state index contributed by atoms with van der Waals surface area (Å²) >= 11 is 0. The van der Waals surface area contributed by atoms with Crippen LogP contribution in [0.25, 0.3) is 5.65 Å². The standard InChI is InChI=1S/C16H18F3N3O2/c1-9-6-21(7-10(2)24-9)15(23)14-11(3)20-13-5-4-12(8-22(13)14)16(17,18)19/h4-5,8-10H,6-7H2,1-3H3. The van der Waals surface area contributed by atoms with Crippen molar-refractivity contribution in [3.63, 3.8) is 0 Å². The third-order valence-corrected chi connectivity index (χ3v) is 4.03. The lowest BCUT2D eigenvalue weighted by atomic mass is 10.2. The topological polar surface area (TPSA) is 46.8 Å². The van der Waals surface area contributed by atoms with Crippen LogP contribution < -0.4 is 0 Å². The number of amides is 1. The van der Waals surface area contributed by atoms with E-state index in [1.54, 1.807) is 11.8 Å². The molecule has 3 rings (SSSR count). The first-order valence-corrected chi connectivity index (χ1v) is 7.67. The number of aryl methyl sites for hydroxylation is 1. The summed E-state index contributed by atoms with van der Waals surface area (Å²) in [6, 6.07) is 2.24. The van der Waals surface area contributed by atoms with E-state index in [9.17, 15) is 18.0 Å². The highest BCUT2D eigenvalue weighted by Gasteiger charge is 2.33. The summed E-state index contributed by atoms with van der Waals surface area (Å²) in [7, 11) is 0. The molecule has 2 atom stereocenters. The summed E-state index contributed by atoms with van der Waals surface area (Å²) in [4.78, 5) is 18.7. The predicted molar refractivity (Wildman–Crippen MR) is 80.8 cm³/mol. The van der Waals surface area contributed by atoms with E-state index in [0.29, 0.717) is 24.4 Å². The second-order valence-corrected chi connectivity index (χ2v) is 6.16. The maximum Gasteiger partial charge on any atom is 0.417 e. The lowest BCUT2D eigenvalue weighted by molar-refractivity contribution is -0.137. The summed E-state index contributed by atoms with van der Waals surface area (Å²) < 4.78 is 45.7. The van der Waals surface area contributed by atoms with Gasteiger partial charge in [0.05, 0.1) is 23.5 Å². The molecular formula is C16H18F3N3O2. The molecule has 8 heteroatoms. The van der Waals surface area contributed by atoms with Crippen LogP contribution in [0, 0.1) is 6.92 Å². The van der Waals surface area contributed by atoms with E-state index in [1.807, 2.05) is 13.8 Å². The maximum atomic E-state index is 13.0. The molecule has 1 aliphatic rings. The minimum Gasteiger partial charge on any atom is -0.372 e. The number of rotatable bonds is 1. The van der Waals surface area contributed by atoms with Gasteiger partial charge in [-0.05, 0) is 32.9 Å². The lowest BCUT2D eigenvalue weighted by Gasteiger charge is -2.35. The second-order valence-electron chi connectivity index (χ2n) is 6.16. The molecule has 2 aromatic heterocycles. The van der Waals surface area contributed by atoms with E-state index >= 15 is 0 Å². The third kappa shape index (κ3) is 2.98. The number of aromatic nitrogens is 2. The molecule has 0 spiro atoms. The SMILES string of the molecule is Cc1nc2ccc(C(F)(F)F)cn2c1C(=O)N1CC(C)OC(C)C1. The van der Waals surface area contributed by atoms with Gasteiger partial charge in [-0.1, -0.05) is 0 Å². The van der Waals surface area contributed by atoms with Gasteiger partial charge >= 0.3 is 6.18 Å². The number of pyridine rings is 1. The molecule has 130 valence electrons. The van der Waals surface area contributed by atoms with Gasteiger partial charge in [0.2, 0.25) is 0 Å². The highest BCUT2D eigenvalue weighted by molar-refractivity contribution is 5.94. The highest BCUT2D eigenvalue weighted by Crippen LogP contribution is 2.30. The molecule has 0 saturated carbocycles. The van der Waals surface area contributed by atoms with Crippen LogP contribution in [0.2, 0.25) is 0 Å². The normalized spacial score (nSPS) is 22.2. The molecule has 0 radical (unpaired) electrons. The molecule has 1 aliphatic heterocycles. The fourth-order valence-corrected chi connectivity index (χ4v) is 3.08. The quantitative estimate of drug-likeness (QED) is 0.801. The van der Waals surface area contributed by atoms with Crippen LogP contribution in [-0.4, -0.2) is 45.5 Å². The van der Waals surface area contributed by atoms with Gasteiger partial charge in [-0.3, -0.25) is 9.20 Å². The summed E-state index contributed by atoms with van der Waals surface area (Å²) in [5, 5.41) is 0. The average Bonchev–Trinajstić information content (AvgIpc) is 2.79. The first-order chi connectivity index (χ1) is 11.2. The molecule has 24 heavy (non-hydrogen) atoms. The van der Waals surface area contributed by atoms with Crippen molar-refractivity contribution in [1.82, 2.24) is 14.3 Å².